The molecule has 94 valence electrons. The first-order chi connectivity index (χ1) is 8.65. The van der Waals surface area contributed by atoms with Gasteiger partial charge in [0.2, 0.25) is 0 Å². The van der Waals surface area contributed by atoms with Crippen molar-refractivity contribution in [2.24, 2.45) is 0 Å². The molecule has 6 heteroatoms. The molecule has 0 saturated heterocycles. The molecule has 0 aliphatic carbocycles. The highest BCUT2D eigenvalue weighted by Gasteiger charge is 2.15. The van der Waals surface area contributed by atoms with Crippen LogP contribution in [0.3, 0.4) is 0 Å². The van der Waals surface area contributed by atoms with Gasteiger partial charge in [0.25, 0.3) is 5.91 Å². The highest BCUT2D eigenvalue weighted by atomic mass is 32.1. The van der Waals surface area contributed by atoms with Crippen molar-refractivity contribution in [2.45, 2.75) is 13.0 Å². The van der Waals surface area contributed by atoms with Crippen molar-refractivity contribution in [3.05, 3.63) is 41.7 Å². The summed E-state index contributed by atoms with van der Waals surface area (Å²) in [7, 11) is 0. The number of nitrogens with one attached hydrogen (secondary N) is 1. The molecule has 0 bridgehead atoms. The average molecular weight is 266 g/mol. The second-order valence-electron chi connectivity index (χ2n) is 3.54. The monoisotopic (exact) mass is 266 g/mol. The number of ether oxygens (including phenoxy) is 1. The van der Waals surface area contributed by atoms with Crippen LogP contribution in [0.25, 0.3) is 0 Å². The van der Waals surface area contributed by atoms with E-state index in [9.17, 15) is 9.18 Å². The van der Waals surface area contributed by atoms with E-state index in [-0.39, 0.29) is 11.7 Å². The van der Waals surface area contributed by atoms with Crippen molar-refractivity contribution in [1.82, 2.24) is 4.98 Å². The molecular weight excluding hydrogens is 255 g/mol. The summed E-state index contributed by atoms with van der Waals surface area (Å²) in [6, 6.07) is 5.51. The molecule has 1 atom stereocenters. The fourth-order valence-corrected chi connectivity index (χ4v) is 1.79. The Bertz CT molecular complexity index is 513. The molecule has 0 radical (unpaired) electrons. The quantitative estimate of drug-likeness (QED) is 0.925. The number of carbonyl (C=O) groups excluding carboxylic acids is 1. The summed E-state index contributed by atoms with van der Waals surface area (Å²) in [6.45, 7) is 1.62. The van der Waals surface area contributed by atoms with E-state index in [2.05, 4.69) is 10.3 Å². The van der Waals surface area contributed by atoms with E-state index in [1.807, 2.05) is 0 Å². The summed E-state index contributed by atoms with van der Waals surface area (Å²) in [6.07, 6.45) is 0.922. The Labute approximate surface area is 107 Å². The van der Waals surface area contributed by atoms with Crippen molar-refractivity contribution < 1.29 is 13.9 Å². The minimum atomic E-state index is -0.681. The lowest BCUT2D eigenvalue weighted by Crippen LogP contribution is -2.30. The third-order valence-electron chi connectivity index (χ3n) is 2.16. The summed E-state index contributed by atoms with van der Waals surface area (Å²) in [4.78, 5) is 15.7. The van der Waals surface area contributed by atoms with Gasteiger partial charge < -0.3 is 4.74 Å². The Kier molecular flexibility index (Phi) is 3.88. The molecule has 1 N–H and O–H groups in total. The van der Waals surface area contributed by atoms with Crippen LogP contribution in [-0.2, 0) is 4.79 Å². The van der Waals surface area contributed by atoms with Gasteiger partial charge >= 0.3 is 0 Å². The van der Waals surface area contributed by atoms with Crippen molar-refractivity contribution in [3.8, 4) is 5.75 Å². The summed E-state index contributed by atoms with van der Waals surface area (Å²) in [5, 5.41) is 4.91. The van der Waals surface area contributed by atoms with Gasteiger partial charge in [-0.25, -0.2) is 9.37 Å². The average Bonchev–Trinajstić information content (AvgIpc) is 2.85. The van der Waals surface area contributed by atoms with Gasteiger partial charge in [0.05, 0.1) is 0 Å². The minimum Gasteiger partial charge on any atom is -0.481 e. The largest absolute Gasteiger partial charge is 0.481 e. The van der Waals surface area contributed by atoms with E-state index < -0.39 is 6.10 Å². The first-order valence-corrected chi connectivity index (χ1v) is 6.15. The Morgan fingerprint density at radius 2 is 2.17 bits per heavy atom. The van der Waals surface area contributed by atoms with E-state index in [0.29, 0.717) is 10.9 Å². The SMILES string of the molecule is C[C@H](Oc1ccc(F)cc1)C(=O)Nc1nccs1. The number of carbonyl (C=O) groups is 1. The van der Waals surface area contributed by atoms with E-state index in [1.165, 1.54) is 35.6 Å². The fourth-order valence-electron chi connectivity index (χ4n) is 1.26. The second kappa shape index (κ2) is 5.59. The highest BCUT2D eigenvalue weighted by molar-refractivity contribution is 7.13. The Balaban J connectivity index is 1.93. The molecule has 1 aromatic carbocycles. The molecule has 2 rings (SSSR count). The zero-order chi connectivity index (χ0) is 13.0. The van der Waals surface area contributed by atoms with Crippen LogP contribution < -0.4 is 10.1 Å². The van der Waals surface area contributed by atoms with Gasteiger partial charge in [0.15, 0.2) is 11.2 Å². The molecule has 18 heavy (non-hydrogen) atoms. The van der Waals surface area contributed by atoms with E-state index in [1.54, 1.807) is 18.5 Å². The third-order valence-corrected chi connectivity index (χ3v) is 2.85. The maximum absolute atomic E-state index is 12.7. The number of benzene rings is 1. The maximum atomic E-state index is 12.7. The standard InChI is InChI=1S/C12H11FN2O2S/c1-8(11(16)15-12-14-6-7-18-12)17-10-4-2-9(13)3-5-10/h2-8H,1H3,(H,14,15,16)/t8-/m0/s1. The highest BCUT2D eigenvalue weighted by Crippen LogP contribution is 2.15. The summed E-state index contributed by atoms with van der Waals surface area (Å²) < 4.78 is 18.1. The summed E-state index contributed by atoms with van der Waals surface area (Å²) in [5.74, 6) is -0.199. The number of aromatic nitrogens is 1. The second-order valence-corrected chi connectivity index (χ2v) is 4.44. The van der Waals surface area contributed by atoms with E-state index in [0.717, 1.165) is 0 Å². The molecular formula is C12H11FN2O2S. The lowest BCUT2D eigenvalue weighted by Gasteiger charge is -2.13. The lowest BCUT2D eigenvalue weighted by atomic mass is 10.3. The molecule has 1 aromatic heterocycles. The molecule has 0 aliphatic heterocycles. The summed E-state index contributed by atoms with van der Waals surface area (Å²) >= 11 is 1.33. The van der Waals surface area contributed by atoms with Crippen LogP contribution in [0.2, 0.25) is 0 Å². The Morgan fingerprint density at radius 3 is 2.78 bits per heavy atom. The molecule has 0 aliphatic rings. The van der Waals surface area contributed by atoms with Crippen LogP contribution >= 0.6 is 11.3 Å². The van der Waals surface area contributed by atoms with Crippen molar-refractivity contribution >= 4 is 22.4 Å². The number of thiazole rings is 1. The number of nitrogens with zero attached hydrogens (tertiary/aromatic N) is 1. The zero-order valence-corrected chi connectivity index (χ0v) is 10.4. The van der Waals surface area contributed by atoms with Crippen LogP contribution in [0.1, 0.15) is 6.92 Å². The number of halogens is 1. The topological polar surface area (TPSA) is 51.2 Å². The van der Waals surface area contributed by atoms with Crippen LogP contribution in [0, 0.1) is 5.82 Å². The van der Waals surface area contributed by atoms with Crippen LogP contribution in [0.15, 0.2) is 35.8 Å². The van der Waals surface area contributed by atoms with E-state index >= 15 is 0 Å². The molecule has 1 heterocycles. The third kappa shape index (κ3) is 3.27. The number of amides is 1. The van der Waals surface area contributed by atoms with Gasteiger partial charge in [-0.3, -0.25) is 10.1 Å². The predicted octanol–water partition coefficient (Wildman–Crippen LogP) is 2.69. The molecule has 0 unspecified atom stereocenters. The Hall–Kier alpha value is -1.95. The Morgan fingerprint density at radius 1 is 1.44 bits per heavy atom. The van der Waals surface area contributed by atoms with Crippen LogP contribution in [0.5, 0.6) is 5.75 Å². The first kappa shape index (κ1) is 12.5. The van der Waals surface area contributed by atoms with Gasteiger partial charge in [0, 0.05) is 11.6 Å². The molecule has 4 nitrogen and oxygen atoms in total. The van der Waals surface area contributed by atoms with Crippen LogP contribution in [-0.4, -0.2) is 17.0 Å². The first-order valence-electron chi connectivity index (χ1n) is 5.28. The van der Waals surface area contributed by atoms with Crippen molar-refractivity contribution in [2.75, 3.05) is 5.32 Å². The van der Waals surface area contributed by atoms with Gasteiger partial charge in [-0.15, -0.1) is 11.3 Å². The van der Waals surface area contributed by atoms with Gasteiger partial charge in [0.1, 0.15) is 11.6 Å². The summed E-state index contributed by atoms with van der Waals surface area (Å²) in [5.41, 5.74) is 0. The predicted molar refractivity (Wildman–Crippen MR) is 67.2 cm³/mol. The lowest BCUT2D eigenvalue weighted by molar-refractivity contribution is -0.122. The number of anilines is 1. The van der Waals surface area contributed by atoms with Crippen molar-refractivity contribution in [3.63, 3.8) is 0 Å². The molecule has 0 spiro atoms. The molecule has 0 saturated carbocycles. The zero-order valence-electron chi connectivity index (χ0n) is 9.59. The maximum Gasteiger partial charge on any atom is 0.266 e. The molecule has 0 fully saturated rings. The minimum absolute atomic E-state index is 0.297. The van der Waals surface area contributed by atoms with Crippen LogP contribution in [0.4, 0.5) is 9.52 Å². The number of rotatable bonds is 4. The van der Waals surface area contributed by atoms with Gasteiger partial charge in [-0.05, 0) is 31.2 Å². The molecule has 1 amide bonds. The molecule has 2 aromatic rings. The van der Waals surface area contributed by atoms with E-state index in [4.69, 9.17) is 4.74 Å². The smallest absolute Gasteiger partial charge is 0.266 e. The number of hydrogen-bond donors (Lipinski definition) is 1. The normalized spacial score (nSPS) is 11.9. The van der Waals surface area contributed by atoms with Gasteiger partial charge in [-0.2, -0.15) is 0 Å². The number of hydrogen-bond acceptors (Lipinski definition) is 4. The van der Waals surface area contributed by atoms with Crippen molar-refractivity contribution in [1.29, 1.82) is 0 Å². The fraction of sp³-hybridized carbons (Fsp3) is 0.167. The van der Waals surface area contributed by atoms with Gasteiger partial charge in [-0.1, -0.05) is 0 Å².